The lowest BCUT2D eigenvalue weighted by atomic mass is 10.1. The van der Waals surface area contributed by atoms with Gasteiger partial charge in [0.05, 0.1) is 34.8 Å². The van der Waals surface area contributed by atoms with Crippen LogP contribution >= 0.6 is 0 Å². The smallest absolute Gasteiger partial charge is 0.161 e. The van der Waals surface area contributed by atoms with E-state index >= 15 is 0 Å². The molecule has 0 spiro atoms. The van der Waals surface area contributed by atoms with Crippen LogP contribution in [0.2, 0.25) is 0 Å². The summed E-state index contributed by atoms with van der Waals surface area (Å²) in [5.41, 5.74) is 5.41. The average molecular weight is 434 g/mol. The van der Waals surface area contributed by atoms with E-state index in [1.54, 1.807) is 12.1 Å². The van der Waals surface area contributed by atoms with E-state index in [4.69, 9.17) is 9.47 Å². The summed E-state index contributed by atoms with van der Waals surface area (Å²) in [6.45, 7) is 4.63. The highest BCUT2D eigenvalue weighted by Gasteiger charge is 2.11. The van der Waals surface area contributed by atoms with Gasteiger partial charge in [-0.15, -0.1) is 0 Å². The number of allylic oxidation sites excluding steroid dienone is 1. The predicted octanol–water partition coefficient (Wildman–Crippen LogP) is 5.78. The summed E-state index contributed by atoms with van der Waals surface area (Å²) in [7, 11) is 0. The molecule has 0 unspecified atom stereocenters. The minimum Gasteiger partial charge on any atom is -0.490 e. The van der Waals surface area contributed by atoms with Crippen LogP contribution in [0.25, 0.3) is 22.7 Å². The quantitative estimate of drug-likeness (QED) is 0.372. The van der Waals surface area contributed by atoms with Gasteiger partial charge in [-0.1, -0.05) is 30.3 Å². The van der Waals surface area contributed by atoms with Gasteiger partial charge in [0.25, 0.3) is 0 Å². The second-order valence-corrected chi connectivity index (χ2v) is 7.47. The molecule has 1 heterocycles. The van der Waals surface area contributed by atoms with Gasteiger partial charge >= 0.3 is 0 Å². The summed E-state index contributed by atoms with van der Waals surface area (Å²) in [4.78, 5) is 7.77. The molecule has 0 saturated carbocycles. The molecular formula is C27H22N4O2. The largest absolute Gasteiger partial charge is 0.490 e. The van der Waals surface area contributed by atoms with E-state index < -0.39 is 0 Å². The van der Waals surface area contributed by atoms with Crippen molar-refractivity contribution in [3.05, 3.63) is 88.7 Å². The maximum absolute atomic E-state index is 9.75. The van der Waals surface area contributed by atoms with Crippen molar-refractivity contribution in [3.63, 3.8) is 0 Å². The van der Waals surface area contributed by atoms with Crippen LogP contribution in [0.3, 0.4) is 0 Å². The molecule has 4 rings (SSSR count). The van der Waals surface area contributed by atoms with Crippen LogP contribution < -0.4 is 9.47 Å². The Labute approximate surface area is 192 Å². The van der Waals surface area contributed by atoms with Crippen molar-refractivity contribution in [2.75, 3.05) is 6.61 Å². The molecule has 0 aliphatic carbocycles. The van der Waals surface area contributed by atoms with Crippen molar-refractivity contribution < 1.29 is 9.47 Å². The van der Waals surface area contributed by atoms with Crippen molar-refractivity contribution in [2.45, 2.75) is 20.5 Å². The number of benzene rings is 3. The molecule has 33 heavy (non-hydrogen) atoms. The van der Waals surface area contributed by atoms with Crippen molar-refractivity contribution in [1.82, 2.24) is 9.97 Å². The number of rotatable bonds is 7. The number of nitrogens with zero attached hydrogens (tertiary/aromatic N) is 3. The number of nitrogens with one attached hydrogen (secondary N) is 1. The molecule has 0 aliphatic rings. The van der Waals surface area contributed by atoms with Crippen LogP contribution in [0.15, 0.2) is 60.7 Å². The molecule has 1 N–H and O–H groups in total. The number of ether oxygens (including phenoxy) is 2. The van der Waals surface area contributed by atoms with Gasteiger partial charge in [0, 0.05) is 5.56 Å². The highest BCUT2D eigenvalue weighted by molar-refractivity contribution is 5.90. The molecule has 0 aliphatic heterocycles. The Morgan fingerprint density at radius 1 is 1.03 bits per heavy atom. The van der Waals surface area contributed by atoms with Crippen LogP contribution in [0.4, 0.5) is 0 Å². The molecule has 0 radical (unpaired) electrons. The molecule has 0 fully saturated rings. The van der Waals surface area contributed by atoms with Crippen LogP contribution in [0.5, 0.6) is 11.5 Å². The van der Waals surface area contributed by atoms with Crippen LogP contribution in [0, 0.1) is 29.6 Å². The zero-order valence-electron chi connectivity index (χ0n) is 18.4. The van der Waals surface area contributed by atoms with E-state index in [1.807, 2.05) is 68.4 Å². The SMILES string of the molecule is CCOc1cc(C=C(C#N)c2nc3ccc(C)cc3[nH]2)ccc1OCc1ccccc1C#N. The second kappa shape index (κ2) is 9.72. The van der Waals surface area contributed by atoms with Crippen molar-refractivity contribution in [3.8, 4) is 23.6 Å². The van der Waals surface area contributed by atoms with E-state index in [-0.39, 0.29) is 6.61 Å². The number of fused-ring (bicyclic) bond motifs is 1. The lowest BCUT2D eigenvalue weighted by molar-refractivity contribution is 0.269. The predicted molar refractivity (Wildman–Crippen MR) is 127 cm³/mol. The summed E-state index contributed by atoms with van der Waals surface area (Å²) >= 11 is 0. The van der Waals surface area contributed by atoms with Crippen molar-refractivity contribution in [1.29, 1.82) is 10.5 Å². The van der Waals surface area contributed by atoms with Gasteiger partial charge in [0.15, 0.2) is 11.5 Å². The molecule has 4 aromatic rings. The van der Waals surface area contributed by atoms with Gasteiger partial charge in [0.1, 0.15) is 18.5 Å². The standard InChI is InChI=1S/C27H22N4O2/c1-3-32-26-14-19(9-11-25(26)33-17-21-7-5-4-6-20(21)15-28)13-22(16-29)27-30-23-10-8-18(2)12-24(23)31-27/h4-14H,3,17H2,1-2H3,(H,30,31). The highest BCUT2D eigenvalue weighted by atomic mass is 16.5. The number of aromatic amines is 1. The van der Waals surface area contributed by atoms with Crippen LogP contribution in [0.1, 0.15) is 35.0 Å². The van der Waals surface area contributed by atoms with Crippen molar-refractivity contribution >= 4 is 22.7 Å². The fourth-order valence-corrected chi connectivity index (χ4v) is 3.48. The lowest BCUT2D eigenvalue weighted by Crippen LogP contribution is -2.01. The Morgan fingerprint density at radius 3 is 2.67 bits per heavy atom. The first kappa shape index (κ1) is 21.7. The third-order valence-corrected chi connectivity index (χ3v) is 5.11. The minimum absolute atomic E-state index is 0.251. The molecule has 0 atom stereocenters. The molecule has 162 valence electrons. The zero-order valence-corrected chi connectivity index (χ0v) is 18.4. The Bertz CT molecular complexity index is 1420. The fraction of sp³-hybridized carbons (Fsp3) is 0.148. The van der Waals surface area contributed by atoms with E-state index in [0.717, 1.165) is 27.7 Å². The zero-order chi connectivity index (χ0) is 23.2. The first-order valence-corrected chi connectivity index (χ1v) is 10.6. The van der Waals surface area contributed by atoms with Gasteiger partial charge in [-0.25, -0.2) is 4.98 Å². The summed E-state index contributed by atoms with van der Waals surface area (Å²) in [6, 6.07) is 23.2. The summed E-state index contributed by atoms with van der Waals surface area (Å²) in [6.07, 6.45) is 1.77. The lowest BCUT2D eigenvalue weighted by Gasteiger charge is -2.13. The van der Waals surface area contributed by atoms with Gasteiger partial charge in [-0.3, -0.25) is 0 Å². The maximum atomic E-state index is 9.75. The Kier molecular flexibility index (Phi) is 6.38. The van der Waals surface area contributed by atoms with Gasteiger partial charge in [-0.2, -0.15) is 10.5 Å². The maximum Gasteiger partial charge on any atom is 0.161 e. The van der Waals surface area contributed by atoms with Crippen LogP contribution in [-0.2, 0) is 6.61 Å². The number of aromatic nitrogens is 2. The Morgan fingerprint density at radius 2 is 1.88 bits per heavy atom. The van der Waals surface area contributed by atoms with E-state index in [9.17, 15) is 10.5 Å². The van der Waals surface area contributed by atoms with E-state index in [1.165, 1.54) is 0 Å². The summed E-state index contributed by atoms with van der Waals surface area (Å²) < 4.78 is 11.7. The molecule has 3 aromatic carbocycles. The molecule has 0 saturated heterocycles. The van der Waals surface area contributed by atoms with Crippen molar-refractivity contribution in [2.24, 2.45) is 0 Å². The monoisotopic (exact) mass is 434 g/mol. The topological polar surface area (TPSA) is 94.7 Å². The Balaban J connectivity index is 1.62. The second-order valence-electron chi connectivity index (χ2n) is 7.47. The number of H-pyrrole nitrogens is 1. The van der Waals surface area contributed by atoms with Gasteiger partial charge in [-0.05, 0) is 61.4 Å². The number of imidazole rings is 1. The first-order chi connectivity index (χ1) is 16.1. The van der Waals surface area contributed by atoms with E-state index in [0.29, 0.717) is 35.1 Å². The normalized spacial score (nSPS) is 11.1. The Hall–Kier alpha value is -4.55. The molecule has 6 nitrogen and oxygen atoms in total. The number of hydrogen-bond acceptors (Lipinski definition) is 5. The molecule has 0 bridgehead atoms. The fourth-order valence-electron chi connectivity index (χ4n) is 3.48. The van der Waals surface area contributed by atoms with Crippen LogP contribution in [-0.4, -0.2) is 16.6 Å². The summed E-state index contributed by atoms with van der Waals surface area (Å²) in [5.74, 6) is 1.65. The molecule has 6 heteroatoms. The first-order valence-electron chi connectivity index (χ1n) is 10.6. The highest BCUT2D eigenvalue weighted by Crippen LogP contribution is 2.31. The molecule has 0 amide bonds. The van der Waals surface area contributed by atoms with E-state index in [2.05, 4.69) is 22.1 Å². The average Bonchev–Trinajstić information content (AvgIpc) is 3.25. The third kappa shape index (κ3) is 4.87. The minimum atomic E-state index is 0.251. The number of nitriles is 2. The molecule has 1 aromatic heterocycles. The third-order valence-electron chi connectivity index (χ3n) is 5.11. The summed E-state index contributed by atoms with van der Waals surface area (Å²) in [5, 5.41) is 19.0. The van der Waals surface area contributed by atoms with Gasteiger partial charge in [0.2, 0.25) is 0 Å². The molecular weight excluding hydrogens is 412 g/mol. The number of aryl methyl sites for hydroxylation is 1. The van der Waals surface area contributed by atoms with Gasteiger partial charge < -0.3 is 14.5 Å². The number of hydrogen-bond donors (Lipinski definition) is 1.